The lowest BCUT2D eigenvalue weighted by atomic mass is 9.40. The van der Waals surface area contributed by atoms with Gasteiger partial charge in [0.15, 0.2) is 0 Å². The SMILES string of the molecule is CCCOc1ccc(/C=N/NC(=O)C23CC4CC(C)(CC(C)(C4)C2)C3)cc1Cl. The molecule has 0 heterocycles. The fourth-order valence-electron chi connectivity index (χ4n) is 6.91. The highest BCUT2D eigenvalue weighted by atomic mass is 35.5. The second-order valence-electron chi connectivity index (χ2n) is 10.1. The number of halogens is 1. The van der Waals surface area contributed by atoms with Crippen molar-refractivity contribution in [1.82, 2.24) is 5.43 Å². The Hall–Kier alpha value is -1.55. The van der Waals surface area contributed by atoms with Crippen LogP contribution in [0.5, 0.6) is 5.75 Å². The molecule has 1 amide bonds. The summed E-state index contributed by atoms with van der Waals surface area (Å²) in [4.78, 5) is 13.1. The van der Waals surface area contributed by atoms with Crippen LogP contribution in [0.3, 0.4) is 0 Å². The molecule has 0 radical (unpaired) electrons. The molecule has 1 aromatic rings. The standard InChI is InChI=1S/C23H31ClN2O2/c1-4-7-28-19-6-5-16(8-18(19)24)12-25-26-20(27)23-11-17-9-21(2,14-23)13-22(3,10-17)15-23/h5-6,8,12,17H,4,7,9-11,13-15H2,1-3H3,(H,26,27)/b25-12+. The van der Waals surface area contributed by atoms with Crippen molar-refractivity contribution >= 4 is 23.7 Å². The van der Waals surface area contributed by atoms with Gasteiger partial charge in [-0.2, -0.15) is 5.10 Å². The number of hydrazone groups is 1. The fourth-order valence-corrected chi connectivity index (χ4v) is 7.15. The molecule has 4 aliphatic rings. The van der Waals surface area contributed by atoms with Gasteiger partial charge in [-0.15, -0.1) is 0 Å². The summed E-state index contributed by atoms with van der Waals surface area (Å²) < 4.78 is 5.59. The minimum Gasteiger partial charge on any atom is -0.492 e. The lowest BCUT2D eigenvalue weighted by Crippen LogP contribution is -2.59. The van der Waals surface area contributed by atoms with Crippen molar-refractivity contribution in [2.24, 2.45) is 27.3 Å². The second kappa shape index (κ2) is 7.05. The number of amides is 1. The van der Waals surface area contributed by atoms with Crippen LogP contribution in [-0.4, -0.2) is 18.7 Å². The number of hydrogen-bond donors (Lipinski definition) is 1. The van der Waals surface area contributed by atoms with Crippen LogP contribution in [0.1, 0.15) is 71.3 Å². The maximum absolute atomic E-state index is 13.1. The smallest absolute Gasteiger partial charge is 0.246 e. The molecular formula is C23H31ClN2O2. The Kier molecular flexibility index (Phi) is 4.97. The molecule has 0 saturated heterocycles. The van der Waals surface area contributed by atoms with Crippen molar-refractivity contribution in [3.63, 3.8) is 0 Å². The van der Waals surface area contributed by atoms with Gasteiger partial charge in [0.2, 0.25) is 5.91 Å². The molecule has 2 atom stereocenters. The molecule has 0 spiro atoms. The van der Waals surface area contributed by atoms with Gasteiger partial charge in [0.1, 0.15) is 5.75 Å². The Morgan fingerprint density at radius 1 is 1.25 bits per heavy atom. The summed E-state index contributed by atoms with van der Waals surface area (Å²) in [7, 11) is 0. The number of nitrogens with one attached hydrogen (secondary N) is 1. The van der Waals surface area contributed by atoms with Crippen molar-refractivity contribution in [3.05, 3.63) is 28.8 Å². The highest BCUT2D eigenvalue weighted by Gasteiger charge is 2.62. The van der Waals surface area contributed by atoms with E-state index < -0.39 is 0 Å². The zero-order valence-corrected chi connectivity index (χ0v) is 17.9. The predicted octanol–water partition coefficient (Wildman–Crippen LogP) is 5.58. The largest absolute Gasteiger partial charge is 0.492 e. The van der Waals surface area contributed by atoms with E-state index in [0.717, 1.165) is 31.2 Å². The molecule has 4 nitrogen and oxygen atoms in total. The average Bonchev–Trinajstić information content (AvgIpc) is 2.58. The van der Waals surface area contributed by atoms with Gasteiger partial charge in [-0.1, -0.05) is 32.4 Å². The van der Waals surface area contributed by atoms with E-state index in [9.17, 15) is 4.79 Å². The summed E-state index contributed by atoms with van der Waals surface area (Å²) in [5.74, 6) is 1.47. The Morgan fingerprint density at radius 2 is 1.96 bits per heavy atom. The number of rotatable bonds is 6. The Labute approximate surface area is 173 Å². The van der Waals surface area contributed by atoms with E-state index in [0.29, 0.717) is 34.1 Å². The molecule has 4 bridgehead atoms. The number of carbonyl (C=O) groups is 1. The van der Waals surface area contributed by atoms with Crippen molar-refractivity contribution in [1.29, 1.82) is 0 Å². The Morgan fingerprint density at radius 3 is 2.57 bits per heavy atom. The minimum absolute atomic E-state index is 0.0966. The van der Waals surface area contributed by atoms with Crippen molar-refractivity contribution in [2.75, 3.05) is 6.61 Å². The van der Waals surface area contributed by atoms with Gasteiger partial charge in [-0.3, -0.25) is 4.79 Å². The van der Waals surface area contributed by atoms with E-state index in [1.54, 1.807) is 6.21 Å². The maximum Gasteiger partial charge on any atom is 0.246 e. The Balaban J connectivity index is 1.43. The topological polar surface area (TPSA) is 50.7 Å². The van der Waals surface area contributed by atoms with Gasteiger partial charge in [0, 0.05) is 0 Å². The van der Waals surface area contributed by atoms with Gasteiger partial charge in [-0.25, -0.2) is 5.43 Å². The summed E-state index contributed by atoms with van der Waals surface area (Å²) in [6.07, 6.45) is 9.46. The zero-order valence-electron chi connectivity index (χ0n) is 17.2. The molecule has 1 aromatic carbocycles. The summed E-state index contributed by atoms with van der Waals surface area (Å²) >= 11 is 6.27. The van der Waals surface area contributed by atoms with Gasteiger partial charge < -0.3 is 4.74 Å². The average molecular weight is 403 g/mol. The van der Waals surface area contributed by atoms with Gasteiger partial charge in [0.25, 0.3) is 0 Å². The van der Waals surface area contributed by atoms with Gasteiger partial charge in [0.05, 0.1) is 23.3 Å². The van der Waals surface area contributed by atoms with E-state index in [1.165, 1.54) is 19.3 Å². The first-order valence-electron chi connectivity index (χ1n) is 10.5. The first kappa shape index (κ1) is 19.8. The molecule has 28 heavy (non-hydrogen) atoms. The fraction of sp³-hybridized carbons (Fsp3) is 0.652. The van der Waals surface area contributed by atoms with E-state index in [-0.39, 0.29) is 11.3 Å². The van der Waals surface area contributed by atoms with E-state index in [1.807, 2.05) is 18.2 Å². The number of nitrogens with zero attached hydrogens (tertiary/aromatic N) is 1. The molecule has 2 unspecified atom stereocenters. The van der Waals surface area contributed by atoms with Gasteiger partial charge in [-0.05, 0) is 85.5 Å². The third-order valence-electron chi connectivity index (χ3n) is 6.91. The molecule has 0 aliphatic heterocycles. The van der Waals surface area contributed by atoms with Crippen LogP contribution in [0.4, 0.5) is 0 Å². The van der Waals surface area contributed by atoms with Crippen LogP contribution in [0.15, 0.2) is 23.3 Å². The van der Waals surface area contributed by atoms with Crippen LogP contribution in [0.2, 0.25) is 5.02 Å². The van der Waals surface area contributed by atoms with Crippen LogP contribution in [0.25, 0.3) is 0 Å². The molecule has 4 saturated carbocycles. The molecule has 152 valence electrons. The van der Waals surface area contributed by atoms with E-state index in [2.05, 4.69) is 31.3 Å². The minimum atomic E-state index is -0.240. The normalized spacial score (nSPS) is 36.1. The molecule has 1 N–H and O–H groups in total. The first-order chi connectivity index (χ1) is 13.2. The molecule has 4 aliphatic carbocycles. The molecule has 5 heteroatoms. The maximum atomic E-state index is 13.1. The lowest BCUT2D eigenvalue weighted by molar-refractivity contribution is -0.170. The van der Waals surface area contributed by atoms with E-state index >= 15 is 0 Å². The van der Waals surface area contributed by atoms with Crippen LogP contribution >= 0.6 is 11.6 Å². The number of ether oxygens (including phenoxy) is 1. The Bertz CT molecular complexity index is 788. The summed E-state index contributed by atoms with van der Waals surface area (Å²) in [5, 5.41) is 4.81. The van der Waals surface area contributed by atoms with Crippen LogP contribution in [-0.2, 0) is 4.79 Å². The molecule has 4 fully saturated rings. The summed E-state index contributed by atoms with van der Waals surface area (Å²) in [6, 6.07) is 5.57. The molecule has 0 aromatic heterocycles. The number of carbonyl (C=O) groups excluding carboxylic acids is 1. The summed E-state index contributed by atoms with van der Waals surface area (Å²) in [5.41, 5.74) is 4.09. The first-order valence-corrected chi connectivity index (χ1v) is 10.9. The summed E-state index contributed by atoms with van der Waals surface area (Å²) in [6.45, 7) is 7.46. The highest BCUT2D eigenvalue weighted by molar-refractivity contribution is 6.32. The van der Waals surface area contributed by atoms with Gasteiger partial charge >= 0.3 is 0 Å². The highest BCUT2D eigenvalue weighted by Crippen LogP contribution is 2.69. The van der Waals surface area contributed by atoms with Crippen molar-refractivity contribution in [2.45, 2.75) is 65.7 Å². The molecular weight excluding hydrogens is 372 g/mol. The van der Waals surface area contributed by atoms with Crippen LogP contribution < -0.4 is 10.2 Å². The molecule has 5 rings (SSSR count). The lowest BCUT2D eigenvalue weighted by Gasteiger charge is -2.64. The van der Waals surface area contributed by atoms with Crippen LogP contribution in [0, 0.1) is 22.2 Å². The third kappa shape index (κ3) is 3.68. The van der Waals surface area contributed by atoms with Crippen molar-refractivity contribution < 1.29 is 9.53 Å². The predicted molar refractivity (Wildman–Crippen MR) is 113 cm³/mol. The zero-order chi connectivity index (χ0) is 20.0. The van der Waals surface area contributed by atoms with E-state index in [4.69, 9.17) is 16.3 Å². The third-order valence-corrected chi connectivity index (χ3v) is 7.20. The number of benzene rings is 1. The van der Waals surface area contributed by atoms with Crippen molar-refractivity contribution in [3.8, 4) is 5.75 Å². The second-order valence-corrected chi connectivity index (χ2v) is 10.6. The monoisotopic (exact) mass is 402 g/mol. The quantitative estimate of drug-likeness (QED) is 0.499. The number of hydrogen-bond acceptors (Lipinski definition) is 3.